The van der Waals surface area contributed by atoms with Crippen LogP contribution >= 0.6 is 0 Å². The van der Waals surface area contributed by atoms with E-state index in [9.17, 15) is 4.79 Å². The number of amides is 1. The lowest BCUT2D eigenvalue weighted by Crippen LogP contribution is -2.48. The molecule has 148 valence electrons. The number of hydrogen-bond acceptors (Lipinski definition) is 5. The van der Waals surface area contributed by atoms with Crippen LogP contribution in [0.25, 0.3) is 0 Å². The van der Waals surface area contributed by atoms with E-state index in [0.717, 1.165) is 45.1 Å². The fourth-order valence-corrected chi connectivity index (χ4v) is 4.26. The number of rotatable bonds is 4. The van der Waals surface area contributed by atoms with Crippen molar-refractivity contribution >= 4 is 17.5 Å². The van der Waals surface area contributed by atoms with E-state index in [-0.39, 0.29) is 5.91 Å². The molecule has 1 amide bonds. The van der Waals surface area contributed by atoms with Gasteiger partial charge in [0.05, 0.1) is 5.56 Å². The summed E-state index contributed by atoms with van der Waals surface area (Å²) < 4.78 is 0. The van der Waals surface area contributed by atoms with Gasteiger partial charge in [-0.1, -0.05) is 25.1 Å². The Labute approximate surface area is 167 Å². The highest BCUT2D eigenvalue weighted by Crippen LogP contribution is 2.23. The number of nitrogens with zero attached hydrogens (tertiary/aromatic N) is 5. The van der Waals surface area contributed by atoms with Crippen LogP contribution in [0, 0.1) is 0 Å². The number of benzene rings is 1. The van der Waals surface area contributed by atoms with Gasteiger partial charge in [0, 0.05) is 56.8 Å². The van der Waals surface area contributed by atoms with E-state index in [2.05, 4.69) is 51.0 Å². The van der Waals surface area contributed by atoms with Gasteiger partial charge in [-0.2, -0.15) is 0 Å². The molecule has 1 atom stereocenters. The molecular formula is C22H29N5O. The zero-order valence-electron chi connectivity index (χ0n) is 16.6. The number of carbonyl (C=O) groups excluding carboxylic acids is 1. The van der Waals surface area contributed by atoms with Gasteiger partial charge in [0.2, 0.25) is 5.95 Å². The van der Waals surface area contributed by atoms with Crippen molar-refractivity contribution in [2.45, 2.75) is 38.6 Å². The molecule has 6 heteroatoms. The normalized spacial score (nSPS) is 20.3. The van der Waals surface area contributed by atoms with Crippen LogP contribution in [-0.4, -0.2) is 59.5 Å². The number of para-hydroxylation sites is 1. The molecule has 0 spiro atoms. The first-order valence-electron chi connectivity index (χ1n) is 10.4. The average Bonchev–Trinajstić information content (AvgIpc) is 2.79. The predicted octanol–water partition coefficient (Wildman–Crippen LogP) is 3.21. The van der Waals surface area contributed by atoms with E-state index in [1.54, 1.807) is 12.4 Å². The van der Waals surface area contributed by atoms with Crippen molar-refractivity contribution in [1.82, 2.24) is 14.9 Å². The van der Waals surface area contributed by atoms with E-state index in [1.807, 2.05) is 11.0 Å². The molecule has 0 bridgehead atoms. The highest BCUT2D eigenvalue weighted by molar-refractivity contribution is 5.93. The van der Waals surface area contributed by atoms with Crippen molar-refractivity contribution in [3.63, 3.8) is 0 Å². The van der Waals surface area contributed by atoms with Crippen LogP contribution < -0.4 is 9.80 Å². The lowest BCUT2D eigenvalue weighted by molar-refractivity contribution is 0.0746. The molecule has 4 rings (SSSR count). The first-order valence-corrected chi connectivity index (χ1v) is 10.4. The molecule has 0 saturated carbocycles. The largest absolute Gasteiger partial charge is 0.368 e. The predicted molar refractivity (Wildman–Crippen MR) is 112 cm³/mol. The van der Waals surface area contributed by atoms with E-state index < -0.39 is 0 Å². The van der Waals surface area contributed by atoms with Gasteiger partial charge in [-0.05, 0) is 37.8 Å². The monoisotopic (exact) mass is 379 g/mol. The molecule has 1 aromatic carbocycles. The Bertz CT molecular complexity index is 771. The van der Waals surface area contributed by atoms with Crippen molar-refractivity contribution in [2.75, 3.05) is 42.5 Å². The maximum absolute atomic E-state index is 12.9. The molecule has 1 unspecified atom stereocenters. The van der Waals surface area contributed by atoms with Crippen LogP contribution in [0.4, 0.5) is 11.6 Å². The van der Waals surface area contributed by atoms with Crippen LogP contribution in [0.5, 0.6) is 0 Å². The number of piperazine rings is 1. The minimum absolute atomic E-state index is 0.0324. The quantitative estimate of drug-likeness (QED) is 0.816. The van der Waals surface area contributed by atoms with Crippen LogP contribution in [0.2, 0.25) is 0 Å². The van der Waals surface area contributed by atoms with Gasteiger partial charge in [-0.3, -0.25) is 4.79 Å². The van der Waals surface area contributed by atoms with Crippen molar-refractivity contribution in [3.8, 4) is 0 Å². The minimum Gasteiger partial charge on any atom is -0.368 e. The Hall–Kier alpha value is -2.63. The summed E-state index contributed by atoms with van der Waals surface area (Å²) in [5.41, 5.74) is 1.80. The zero-order valence-corrected chi connectivity index (χ0v) is 16.6. The van der Waals surface area contributed by atoms with E-state index in [1.165, 1.54) is 24.9 Å². The lowest BCUT2D eigenvalue weighted by atomic mass is 10.0. The third-order valence-corrected chi connectivity index (χ3v) is 5.93. The van der Waals surface area contributed by atoms with Gasteiger partial charge >= 0.3 is 0 Å². The molecule has 2 fully saturated rings. The minimum atomic E-state index is 0.0324. The highest BCUT2D eigenvalue weighted by Gasteiger charge is 2.25. The first-order chi connectivity index (χ1) is 13.8. The summed E-state index contributed by atoms with van der Waals surface area (Å²) in [5.74, 6) is 0.793. The summed E-state index contributed by atoms with van der Waals surface area (Å²) in [5, 5.41) is 0. The molecule has 2 aliphatic heterocycles. The van der Waals surface area contributed by atoms with Gasteiger partial charge in [-0.25, -0.2) is 9.97 Å². The molecular weight excluding hydrogens is 350 g/mol. The topological polar surface area (TPSA) is 52.6 Å². The van der Waals surface area contributed by atoms with Gasteiger partial charge in [0.15, 0.2) is 0 Å². The smallest absolute Gasteiger partial charge is 0.257 e. The second-order valence-corrected chi connectivity index (χ2v) is 7.64. The molecule has 2 saturated heterocycles. The van der Waals surface area contributed by atoms with Crippen molar-refractivity contribution in [1.29, 1.82) is 0 Å². The zero-order chi connectivity index (χ0) is 19.3. The maximum atomic E-state index is 12.9. The fraction of sp³-hybridized carbons (Fsp3) is 0.500. The molecule has 0 aliphatic carbocycles. The van der Waals surface area contributed by atoms with E-state index in [4.69, 9.17) is 0 Å². The lowest BCUT2D eigenvalue weighted by Gasteiger charge is -2.36. The molecule has 0 N–H and O–H groups in total. The molecule has 2 aromatic rings. The summed E-state index contributed by atoms with van der Waals surface area (Å²) >= 11 is 0. The van der Waals surface area contributed by atoms with Gasteiger partial charge in [-0.15, -0.1) is 0 Å². The third kappa shape index (κ3) is 3.96. The second kappa shape index (κ2) is 8.59. The summed E-state index contributed by atoms with van der Waals surface area (Å²) in [4.78, 5) is 28.5. The van der Waals surface area contributed by atoms with Crippen LogP contribution in [0.15, 0.2) is 42.7 Å². The second-order valence-electron chi connectivity index (χ2n) is 7.64. The summed E-state index contributed by atoms with van der Waals surface area (Å²) in [7, 11) is 0. The number of carbonyl (C=O) groups is 1. The van der Waals surface area contributed by atoms with Crippen LogP contribution in [0.1, 0.15) is 43.0 Å². The summed E-state index contributed by atoms with van der Waals surface area (Å²) in [6.45, 7) is 6.36. The molecule has 1 aromatic heterocycles. The van der Waals surface area contributed by atoms with Crippen molar-refractivity contribution < 1.29 is 4.79 Å². The molecule has 28 heavy (non-hydrogen) atoms. The van der Waals surface area contributed by atoms with Gasteiger partial charge < -0.3 is 14.7 Å². The SMILES string of the molecule is CCC1CCCCN1c1ncc(C(=O)N2CCN(c3ccccc3)CC2)cn1. The standard InChI is InChI=1S/C22H29N5O/c1-2-19-8-6-7-11-27(19)22-23-16-18(17-24-22)21(28)26-14-12-25(13-15-26)20-9-4-3-5-10-20/h3-5,9-10,16-17,19H,2,6-8,11-15H2,1H3. The number of piperidine rings is 1. The Morgan fingerprint density at radius 1 is 1.00 bits per heavy atom. The van der Waals surface area contributed by atoms with Crippen LogP contribution in [-0.2, 0) is 0 Å². The van der Waals surface area contributed by atoms with Crippen LogP contribution in [0.3, 0.4) is 0 Å². The summed E-state index contributed by atoms with van der Waals surface area (Å²) in [6, 6.07) is 10.9. The molecule has 2 aliphatic rings. The molecule has 0 radical (unpaired) electrons. The maximum Gasteiger partial charge on any atom is 0.257 e. The highest BCUT2D eigenvalue weighted by atomic mass is 16.2. The number of hydrogen-bond donors (Lipinski definition) is 0. The van der Waals surface area contributed by atoms with Gasteiger partial charge in [0.25, 0.3) is 5.91 Å². The van der Waals surface area contributed by atoms with E-state index >= 15 is 0 Å². The van der Waals surface area contributed by atoms with Crippen molar-refractivity contribution in [2.24, 2.45) is 0 Å². The Balaban J connectivity index is 1.37. The first kappa shape index (κ1) is 18.7. The average molecular weight is 380 g/mol. The van der Waals surface area contributed by atoms with Gasteiger partial charge in [0.1, 0.15) is 0 Å². The number of aromatic nitrogens is 2. The summed E-state index contributed by atoms with van der Waals surface area (Å²) in [6.07, 6.45) is 8.18. The third-order valence-electron chi connectivity index (χ3n) is 5.93. The Morgan fingerprint density at radius 3 is 2.39 bits per heavy atom. The Morgan fingerprint density at radius 2 is 1.71 bits per heavy atom. The fourth-order valence-electron chi connectivity index (χ4n) is 4.26. The number of anilines is 2. The van der Waals surface area contributed by atoms with Crippen molar-refractivity contribution in [3.05, 3.63) is 48.3 Å². The van der Waals surface area contributed by atoms with E-state index in [0.29, 0.717) is 11.6 Å². The molecule has 3 heterocycles. The Kier molecular flexibility index (Phi) is 5.74. The molecule has 6 nitrogen and oxygen atoms in total.